The van der Waals surface area contributed by atoms with Crippen LogP contribution in [0.1, 0.15) is 34.3 Å². The van der Waals surface area contributed by atoms with Crippen LogP contribution in [0.5, 0.6) is 0 Å². The number of hydrogen-bond donors (Lipinski definition) is 1. The third-order valence-electron chi connectivity index (χ3n) is 5.62. The second-order valence-corrected chi connectivity index (χ2v) is 12.6. The molecule has 1 fully saturated rings. The number of ether oxygens (including phenoxy) is 1. The number of likely N-dealkylation sites (tertiary alicyclic amines) is 1. The summed E-state index contributed by atoms with van der Waals surface area (Å²) in [4.78, 5) is 38.6. The molecular formula is C22H20I2N2O4. The SMILES string of the molecule is COC(=O)[C@@H]1CCCN1C(=O)CNC(=O)c1ccc2c(c1)-c1ccccc1C2(I)I. The Morgan fingerprint density at radius 1 is 1.13 bits per heavy atom. The first-order valence-corrected chi connectivity index (χ1v) is 11.8. The number of halogens is 2. The van der Waals surface area contributed by atoms with Crippen molar-refractivity contribution in [3.8, 4) is 11.1 Å². The number of carbonyl (C=O) groups is 3. The molecule has 1 aliphatic carbocycles. The molecule has 30 heavy (non-hydrogen) atoms. The number of nitrogens with zero attached hydrogens (tertiary/aromatic N) is 1. The summed E-state index contributed by atoms with van der Waals surface area (Å²) in [6.45, 7) is 0.347. The van der Waals surface area contributed by atoms with Gasteiger partial charge in [0.15, 0.2) is 0 Å². The van der Waals surface area contributed by atoms with Crippen LogP contribution in [0.3, 0.4) is 0 Å². The molecule has 0 radical (unpaired) electrons. The van der Waals surface area contributed by atoms with Crippen LogP contribution in [0.25, 0.3) is 11.1 Å². The summed E-state index contributed by atoms with van der Waals surface area (Å²) in [7, 11) is 1.32. The van der Waals surface area contributed by atoms with Crippen LogP contribution < -0.4 is 5.32 Å². The van der Waals surface area contributed by atoms with Crippen molar-refractivity contribution in [3.05, 3.63) is 59.2 Å². The third kappa shape index (κ3) is 3.72. The number of benzene rings is 2. The van der Waals surface area contributed by atoms with Crippen molar-refractivity contribution < 1.29 is 19.1 Å². The van der Waals surface area contributed by atoms with E-state index < -0.39 is 12.0 Å². The predicted molar refractivity (Wildman–Crippen MR) is 130 cm³/mol. The van der Waals surface area contributed by atoms with Gasteiger partial charge in [-0.25, -0.2) is 4.79 Å². The van der Waals surface area contributed by atoms with Crippen molar-refractivity contribution in [2.45, 2.75) is 20.3 Å². The van der Waals surface area contributed by atoms with Crippen LogP contribution in [0.2, 0.25) is 0 Å². The molecule has 1 aliphatic heterocycles. The van der Waals surface area contributed by atoms with Crippen LogP contribution >= 0.6 is 45.2 Å². The number of esters is 1. The van der Waals surface area contributed by atoms with Gasteiger partial charge in [0.25, 0.3) is 5.91 Å². The first kappa shape index (κ1) is 21.5. The fourth-order valence-electron chi connectivity index (χ4n) is 4.12. The normalized spacial score (nSPS) is 18.5. The fourth-order valence-corrected chi connectivity index (χ4v) is 6.01. The molecule has 1 saturated heterocycles. The number of amides is 2. The number of nitrogens with one attached hydrogen (secondary N) is 1. The molecular weight excluding hydrogens is 610 g/mol. The minimum atomic E-state index is -0.559. The summed E-state index contributed by atoms with van der Waals surface area (Å²) in [5, 5.41) is 2.70. The number of methoxy groups -OCH3 is 1. The molecule has 0 saturated carbocycles. The Kier molecular flexibility index (Phi) is 6.06. The maximum atomic E-state index is 12.7. The van der Waals surface area contributed by atoms with Gasteiger partial charge in [-0.1, -0.05) is 75.5 Å². The Morgan fingerprint density at radius 2 is 1.87 bits per heavy atom. The molecule has 8 heteroatoms. The Labute approximate surface area is 202 Å². The van der Waals surface area contributed by atoms with Crippen LogP contribution in [0, 0.1) is 0 Å². The number of fused-ring (bicyclic) bond motifs is 3. The van der Waals surface area contributed by atoms with Crippen molar-refractivity contribution >= 4 is 63.0 Å². The lowest BCUT2D eigenvalue weighted by atomic mass is 10.0. The third-order valence-corrected chi connectivity index (χ3v) is 7.95. The zero-order valence-electron chi connectivity index (χ0n) is 16.3. The van der Waals surface area contributed by atoms with Gasteiger partial charge < -0.3 is 15.0 Å². The lowest BCUT2D eigenvalue weighted by Gasteiger charge is -2.22. The molecule has 2 amide bonds. The zero-order chi connectivity index (χ0) is 21.5. The minimum absolute atomic E-state index is 0.150. The van der Waals surface area contributed by atoms with E-state index in [1.54, 1.807) is 6.07 Å². The molecule has 2 aromatic carbocycles. The van der Waals surface area contributed by atoms with Gasteiger partial charge in [-0.05, 0) is 47.2 Å². The Bertz CT molecular complexity index is 1040. The summed E-state index contributed by atoms with van der Waals surface area (Å²) in [5.74, 6) is -0.997. The summed E-state index contributed by atoms with van der Waals surface area (Å²) < 4.78 is 4.60. The summed E-state index contributed by atoms with van der Waals surface area (Å²) in [5.41, 5.74) is 5.05. The van der Waals surface area contributed by atoms with E-state index in [9.17, 15) is 14.4 Å². The lowest BCUT2D eigenvalue weighted by molar-refractivity contribution is -0.150. The molecule has 6 nitrogen and oxygen atoms in total. The van der Waals surface area contributed by atoms with E-state index in [0.717, 1.165) is 23.1 Å². The van der Waals surface area contributed by atoms with E-state index in [1.165, 1.54) is 17.6 Å². The predicted octanol–water partition coefficient (Wildman–Crippen LogP) is 3.63. The topological polar surface area (TPSA) is 75.7 Å². The van der Waals surface area contributed by atoms with E-state index in [2.05, 4.69) is 62.6 Å². The maximum Gasteiger partial charge on any atom is 0.328 e. The maximum absolute atomic E-state index is 12.7. The Hall–Kier alpha value is -1.69. The fraction of sp³-hybridized carbons (Fsp3) is 0.318. The van der Waals surface area contributed by atoms with Gasteiger partial charge in [-0.2, -0.15) is 0 Å². The molecule has 156 valence electrons. The van der Waals surface area contributed by atoms with Crippen molar-refractivity contribution in [1.29, 1.82) is 0 Å². The number of carbonyl (C=O) groups excluding carboxylic acids is 3. The minimum Gasteiger partial charge on any atom is -0.467 e. The van der Waals surface area contributed by atoms with E-state index in [0.29, 0.717) is 18.5 Å². The molecule has 0 unspecified atom stereocenters. The standard InChI is InChI=1S/C22H20I2N2O4/c1-30-21(29)18-7-4-10-26(18)19(27)12-25-20(28)13-8-9-17-15(11-13)14-5-2-3-6-16(14)22(17,23)24/h2-3,5-6,8-9,11,18H,4,7,10,12H2,1H3,(H,25,28)/t18-/m0/s1. The highest BCUT2D eigenvalue weighted by Crippen LogP contribution is 2.57. The summed E-state index contributed by atoms with van der Waals surface area (Å²) in [6, 6.07) is 13.3. The first-order valence-electron chi connectivity index (χ1n) is 9.62. The number of rotatable bonds is 4. The Morgan fingerprint density at radius 3 is 2.63 bits per heavy atom. The van der Waals surface area contributed by atoms with Gasteiger partial charge in [0.05, 0.1) is 13.7 Å². The van der Waals surface area contributed by atoms with Crippen molar-refractivity contribution in [1.82, 2.24) is 10.2 Å². The lowest BCUT2D eigenvalue weighted by Crippen LogP contribution is -2.45. The molecule has 2 aliphatic rings. The quantitative estimate of drug-likeness (QED) is 0.319. The number of alkyl halides is 2. The van der Waals surface area contributed by atoms with Crippen molar-refractivity contribution in [2.24, 2.45) is 0 Å². The molecule has 1 N–H and O–H groups in total. The molecule has 1 heterocycles. The average Bonchev–Trinajstić information content (AvgIpc) is 3.33. The molecule has 1 atom stereocenters. The monoisotopic (exact) mass is 630 g/mol. The van der Waals surface area contributed by atoms with Crippen molar-refractivity contribution in [2.75, 3.05) is 20.2 Å². The van der Waals surface area contributed by atoms with Crippen LogP contribution in [0.4, 0.5) is 0 Å². The van der Waals surface area contributed by atoms with Crippen LogP contribution in [-0.4, -0.2) is 48.9 Å². The first-order chi connectivity index (χ1) is 14.3. The zero-order valence-corrected chi connectivity index (χ0v) is 20.6. The van der Waals surface area contributed by atoms with E-state index in [1.807, 2.05) is 24.3 Å². The van der Waals surface area contributed by atoms with Gasteiger partial charge >= 0.3 is 5.97 Å². The second-order valence-electron chi connectivity index (χ2n) is 7.33. The van der Waals surface area contributed by atoms with E-state index in [4.69, 9.17) is 4.74 Å². The molecule has 2 aromatic rings. The van der Waals surface area contributed by atoms with Crippen LogP contribution in [0.15, 0.2) is 42.5 Å². The highest BCUT2D eigenvalue weighted by molar-refractivity contribution is 14.2. The second kappa shape index (κ2) is 8.45. The summed E-state index contributed by atoms with van der Waals surface area (Å²) >= 11 is 4.87. The average molecular weight is 630 g/mol. The highest BCUT2D eigenvalue weighted by Gasteiger charge is 2.39. The van der Waals surface area contributed by atoms with Gasteiger partial charge in [0.2, 0.25) is 5.91 Å². The molecule has 4 rings (SSSR count). The van der Waals surface area contributed by atoms with Gasteiger partial charge in [0.1, 0.15) is 7.47 Å². The van der Waals surface area contributed by atoms with Gasteiger partial charge in [-0.3, -0.25) is 9.59 Å². The van der Waals surface area contributed by atoms with Gasteiger partial charge in [-0.15, -0.1) is 0 Å². The van der Waals surface area contributed by atoms with E-state index in [-0.39, 0.29) is 19.8 Å². The largest absolute Gasteiger partial charge is 0.467 e. The summed E-state index contributed by atoms with van der Waals surface area (Å²) in [6.07, 6.45) is 1.34. The smallest absolute Gasteiger partial charge is 0.328 e. The van der Waals surface area contributed by atoms with Crippen molar-refractivity contribution in [3.63, 3.8) is 0 Å². The van der Waals surface area contributed by atoms with Crippen LogP contribution in [-0.2, 0) is 15.8 Å². The van der Waals surface area contributed by atoms with Gasteiger partial charge in [0, 0.05) is 12.1 Å². The highest BCUT2D eigenvalue weighted by atomic mass is 127. The molecule has 0 aromatic heterocycles. The molecule has 0 bridgehead atoms. The Balaban J connectivity index is 1.49. The molecule has 0 spiro atoms. The number of hydrogen-bond acceptors (Lipinski definition) is 4. The van der Waals surface area contributed by atoms with E-state index >= 15 is 0 Å².